The van der Waals surface area contributed by atoms with E-state index >= 15 is 0 Å². The average Bonchev–Trinajstić information content (AvgIpc) is 2.91. The highest BCUT2D eigenvalue weighted by atomic mass is 16.5. The van der Waals surface area contributed by atoms with Crippen molar-refractivity contribution in [1.82, 2.24) is 10.2 Å². The van der Waals surface area contributed by atoms with E-state index in [4.69, 9.17) is 10.5 Å². The third-order valence-electron chi connectivity index (χ3n) is 4.21. The van der Waals surface area contributed by atoms with E-state index in [1.54, 1.807) is 0 Å². The summed E-state index contributed by atoms with van der Waals surface area (Å²) in [5.74, 6) is 1.60. The van der Waals surface area contributed by atoms with Gasteiger partial charge < -0.3 is 10.5 Å². The zero-order chi connectivity index (χ0) is 13.2. The minimum atomic E-state index is 0.311. The molecule has 0 spiro atoms. The number of aromatic amines is 1. The summed E-state index contributed by atoms with van der Waals surface area (Å²) in [5.41, 5.74) is 8.01. The van der Waals surface area contributed by atoms with Gasteiger partial charge in [0.05, 0.1) is 17.8 Å². The first-order chi connectivity index (χ1) is 9.28. The summed E-state index contributed by atoms with van der Waals surface area (Å²) in [6.07, 6.45) is 6.86. The van der Waals surface area contributed by atoms with Gasteiger partial charge in [-0.15, -0.1) is 0 Å². The Labute approximate surface area is 113 Å². The van der Waals surface area contributed by atoms with Crippen molar-refractivity contribution in [2.45, 2.75) is 38.7 Å². The number of nitrogens with two attached hydrogens (primary N) is 1. The summed E-state index contributed by atoms with van der Waals surface area (Å²) >= 11 is 0. The normalized spacial score (nSPS) is 23.7. The Kier molecular flexibility index (Phi) is 3.42. The van der Waals surface area contributed by atoms with Gasteiger partial charge in [-0.3, -0.25) is 5.10 Å². The van der Waals surface area contributed by atoms with Gasteiger partial charge in [0, 0.05) is 10.9 Å². The zero-order valence-corrected chi connectivity index (χ0v) is 11.4. The Hall–Kier alpha value is -1.55. The molecule has 0 aliphatic heterocycles. The summed E-state index contributed by atoms with van der Waals surface area (Å²) in [4.78, 5) is 0. The van der Waals surface area contributed by atoms with Gasteiger partial charge in [0.25, 0.3) is 0 Å². The summed E-state index contributed by atoms with van der Waals surface area (Å²) in [6, 6.07) is 4.08. The van der Waals surface area contributed by atoms with Gasteiger partial charge in [0.2, 0.25) is 0 Å². The second-order valence-electron chi connectivity index (χ2n) is 5.53. The van der Waals surface area contributed by atoms with Crippen molar-refractivity contribution in [3.63, 3.8) is 0 Å². The van der Waals surface area contributed by atoms with Crippen LogP contribution in [0.1, 0.15) is 31.2 Å². The van der Waals surface area contributed by atoms with Gasteiger partial charge in [-0.1, -0.05) is 0 Å². The second kappa shape index (κ2) is 5.21. The summed E-state index contributed by atoms with van der Waals surface area (Å²) in [5, 5.41) is 8.21. The molecule has 2 unspecified atom stereocenters. The van der Waals surface area contributed by atoms with Crippen molar-refractivity contribution < 1.29 is 4.74 Å². The largest absolute Gasteiger partial charge is 0.490 e. The molecule has 1 aromatic carbocycles. The van der Waals surface area contributed by atoms with Crippen LogP contribution >= 0.6 is 0 Å². The van der Waals surface area contributed by atoms with Crippen LogP contribution in [0.4, 0.5) is 0 Å². The van der Waals surface area contributed by atoms with Crippen LogP contribution < -0.4 is 10.5 Å². The van der Waals surface area contributed by atoms with E-state index < -0.39 is 0 Å². The summed E-state index contributed by atoms with van der Waals surface area (Å²) in [6.45, 7) is 2.87. The molecule has 1 heterocycles. The number of aromatic nitrogens is 2. The maximum atomic E-state index is 6.20. The Morgan fingerprint density at radius 2 is 2.32 bits per heavy atom. The number of ether oxygens (including phenoxy) is 1. The number of rotatable bonds is 3. The second-order valence-corrected chi connectivity index (χ2v) is 5.53. The molecular weight excluding hydrogens is 238 g/mol. The van der Waals surface area contributed by atoms with Crippen LogP contribution in [0.25, 0.3) is 10.9 Å². The molecule has 2 atom stereocenters. The summed E-state index contributed by atoms with van der Waals surface area (Å²) < 4.78 is 6.20. The Balaban J connectivity index is 1.79. The molecule has 0 bridgehead atoms. The predicted octanol–water partition coefficient (Wildman–Crippen LogP) is 2.77. The van der Waals surface area contributed by atoms with Crippen LogP contribution in [0.5, 0.6) is 5.75 Å². The molecule has 4 heteroatoms. The van der Waals surface area contributed by atoms with Crippen LogP contribution in [-0.4, -0.2) is 22.8 Å². The lowest BCUT2D eigenvalue weighted by atomic mass is 9.87. The number of aryl methyl sites for hydroxylation is 1. The molecule has 0 radical (unpaired) electrons. The number of hydrogen-bond donors (Lipinski definition) is 2. The summed E-state index contributed by atoms with van der Waals surface area (Å²) in [7, 11) is 0. The van der Waals surface area contributed by atoms with E-state index in [2.05, 4.69) is 17.1 Å². The van der Waals surface area contributed by atoms with E-state index in [0.29, 0.717) is 12.0 Å². The smallest absolute Gasteiger partial charge is 0.123 e. The monoisotopic (exact) mass is 259 g/mol. The molecule has 1 fully saturated rings. The number of H-pyrrole nitrogens is 1. The third kappa shape index (κ3) is 2.45. The molecule has 0 amide bonds. The van der Waals surface area contributed by atoms with Gasteiger partial charge >= 0.3 is 0 Å². The van der Waals surface area contributed by atoms with Crippen molar-refractivity contribution in [1.29, 1.82) is 0 Å². The molecule has 3 N–H and O–H groups in total. The first-order valence-electron chi connectivity index (χ1n) is 7.07. The van der Waals surface area contributed by atoms with Crippen molar-refractivity contribution >= 4 is 10.9 Å². The fourth-order valence-corrected chi connectivity index (χ4v) is 3.01. The highest BCUT2D eigenvalue weighted by Gasteiger charge is 2.23. The van der Waals surface area contributed by atoms with E-state index in [0.717, 1.165) is 36.0 Å². The molecular formula is C15H21N3O. The number of benzene rings is 1. The van der Waals surface area contributed by atoms with Crippen LogP contribution in [0.3, 0.4) is 0 Å². The molecule has 1 aromatic heterocycles. The van der Waals surface area contributed by atoms with Crippen molar-refractivity contribution in [3.05, 3.63) is 23.9 Å². The topological polar surface area (TPSA) is 63.9 Å². The first kappa shape index (κ1) is 12.5. The number of nitrogens with zero attached hydrogens (tertiary/aromatic N) is 1. The Bertz CT molecular complexity index is 564. The van der Waals surface area contributed by atoms with E-state index in [-0.39, 0.29) is 0 Å². The predicted molar refractivity (Wildman–Crippen MR) is 76.3 cm³/mol. The van der Waals surface area contributed by atoms with Crippen LogP contribution in [0.2, 0.25) is 0 Å². The van der Waals surface area contributed by atoms with Crippen LogP contribution in [-0.2, 0) is 0 Å². The Morgan fingerprint density at radius 3 is 3.16 bits per heavy atom. The maximum Gasteiger partial charge on any atom is 0.123 e. The van der Waals surface area contributed by atoms with Crippen LogP contribution in [0, 0.1) is 12.8 Å². The van der Waals surface area contributed by atoms with Gasteiger partial charge in [0.1, 0.15) is 5.75 Å². The quantitative estimate of drug-likeness (QED) is 0.890. The fraction of sp³-hybridized carbons (Fsp3) is 0.533. The number of fused-ring (bicyclic) bond motifs is 1. The number of hydrogen-bond acceptors (Lipinski definition) is 3. The lowest BCUT2D eigenvalue weighted by molar-refractivity contribution is 0.125. The molecule has 2 aromatic rings. The average molecular weight is 259 g/mol. The lowest BCUT2D eigenvalue weighted by Crippen LogP contribution is -2.29. The molecule has 0 saturated heterocycles. The van der Waals surface area contributed by atoms with Crippen molar-refractivity contribution in [2.24, 2.45) is 11.7 Å². The lowest BCUT2D eigenvalue weighted by Gasteiger charge is -2.29. The van der Waals surface area contributed by atoms with Crippen molar-refractivity contribution in [3.8, 4) is 5.75 Å². The molecule has 19 heavy (non-hydrogen) atoms. The highest BCUT2D eigenvalue weighted by Crippen LogP contribution is 2.31. The molecule has 3 rings (SSSR count). The molecule has 4 nitrogen and oxygen atoms in total. The maximum absolute atomic E-state index is 6.20. The molecule has 1 aliphatic carbocycles. The van der Waals surface area contributed by atoms with Crippen molar-refractivity contribution in [2.75, 3.05) is 6.54 Å². The first-order valence-corrected chi connectivity index (χ1v) is 7.07. The van der Waals surface area contributed by atoms with Gasteiger partial charge in [0.15, 0.2) is 0 Å². The fourth-order valence-electron chi connectivity index (χ4n) is 3.01. The van der Waals surface area contributed by atoms with Gasteiger partial charge in [-0.05, 0) is 57.2 Å². The van der Waals surface area contributed by atoms with Gasteiger partial charge in [-0.25, -0.2) is 0 Å². The SMILES string of the molecule is Cc1c(OC2CCCC(CN)C2)ccc2[nH]ncc12. The molecule has 102 valence electrons. The molecule has 1 aliphatic rings. The van der Waals surface area contributed by atoms with Gasteiger partial charge in [-0.2, -0.15) is 5.10 Å². The van der Waals surface area contributed by atoms with E-state index in [1.165, 1.54) is 18.4 Å². The third-order valence-corrected chi connectivity index (χ3v) is 4.21. The number of nitrogens with one attached hydrogen (secondary N) is 1. The van der Waals surface area contributed by atoms with E-state index in [1.807, 2.05) is 18.3 Å². The standard InChI is InChI=1S/C15H21N3O/c1-10-13-9-17-18-14(13)5-6-15(10)19-12-4-2-3-11(7-12)8-16/h5-6,9,11-12H,2-4,7-8,16H2,1H3,(H,17,18). The Morgan fingerprint density at radius 1 is 1.42 bits per heavy atom. The van der Waals surface area contributed by atoms with E-state index in [9.17, 15) is 0 Å². The molecule has 1 saturated carbocycles. The minimum absolute atomic E-state index is 0.311. The van der Waals surface area contributed by atoms with Crippen LogP contribution in [0.15, 0.2) is 18.3 Å². The highest BCUT2D eigenvalue weighted by molar-refractivity contribution is 5.83. The minimum Gasteiger partial charge on any atom is -0.490 e. The zero-order valence-electron chi connectivity index (χ0n) is 11.4.